The summed E-state index contributed by atoms with van der Waals surface area (Å²) in [4.78, 5) is 19.6. The summed E-state index contributed by atoms with van der Waals surface area (Å²) in [6.07, 6.45) is 5.42. The number of aromatic nitrogens is 6. The van der Waals surface area contributed by atoms with Crippen molar-refractivity contribution in [1.29, 1.82) is 0 Å². The average Bonchev–Trinajstić information content (AvgIpc) is 3.62. The van der Waals surface area contributed by atoms with E-state index in [0.717, 1.165) is 60.0 Å². The van der Waals surface area contributed by atoms with E-state index >= 15 is 0 Å². The number of benzene rings is 1. The summed E-state index contributed by atoms with van der Waals surface area (Å²) in [5, 5.41) is 5.69. The standard InChI is InChI=1S/C34H40N8O3S/c1-22-8-10-27(11-9-22)46(43,44)41-16-13-29-28(12-14-35-34(29)41)33-36-30(19-31(37-33)40-17-18-45-21-23(40)2)32-24(3)38-42(25(32)4)26-7-6-15-39(5)20-26/h8-14,16,19,23,26H,6-7,15,17-18,20-21H2,1-5H3/t23-,26?/m1/s1. The second-order valence-corrected chi connectivity index (χ2v) is 14.4. The van der Waals surface area contributed by atoms with Crippen LogP contribution in [0.3, 0.4) is 0 Å². The molecule has 2 saturated heterocycles. The molecule has 0 N–H and O–H groups in total. The summed E-state index contributed by atoms with van der Waals surface area (Å²) in [5.74, 6) is 1.31. The lowest BCUT2D eigenvalue weighted by molar-refractivity contribution is 0.0985. The predicted octanol–water partition coefficient (Wildman–Crippen LogP) is 5.01. The molecule has 1 aromatic carbocycles. The first-order valence-electron chi connectivity index (χ1n) is 15.9. The lowest BCUT2D eigenvalue weighted by atomic mass is 10.0. The molecule has 7 rings (SSSR count). The maximum absolute atomic E-state index is 13.7. The number of aryl methyl sites for hydroxylation is 2. The highest BCUT2D eigenvalue weighted by atomic mass is 32.2. The van der Waals surface area contributed by atoms with Crippen molar-refractivity contribution in [3.8, 4) is 22.6 Å². The van der Waals surface area contributed by atoms with Gasteiger partial charge in [0, 0.05) is 53.8 Å². The van der Waals surface area contributed by atoms with Gasteiger partial charge < -0.3 is 14.5 Å². The van der Waals surface area contributed by atoms with E-state index in [1.807, 2.05) is 19.9 Å². The van der Waals surface area contributed by atoms with Gasteiger partial charge in [-0.2, -0.15) is 5.10 Å². The van der Waals surface area contributed by atoms with Crippen LogP contribution in [0.15, 0.2) is 59.8 Å². The summed E-state index contributed by atoms with van der Waals surface area (Å²) in [5.41, 5.74) is 5.83. The van der Waals surface area contributed by atoms with E-state index in [2.05, 4.69) is 46.4 Å². The summed E-state index contributed by atoms with van der Waals surface area (Å²) in [7, 11) is -1.70. The van der Waals surface area contributed by atoms with Crippen LogP contribution in [-0.4, -0.2) is 88.0 Å². The Hall–Kier alpha value is -4.13. The topological polar surface area (TPSA) is 111 Å². The maximum Gasteiger partial charge on any atom is 0.269 e. The third-order valence-corrected chi connectivity index (χ3v) is 11.0. The summed E-state index contributed by atoms with van der Waals surface area (Å²) >= 11 is 0. The minimum Gasteiger partial charge on any atom is -0.377 e. The number of rotatable bonds is 6. The van der Waals surface area contributed by atoms with Gasteiger partial charge in [0.05, 0.1) is 41.6 Å². The minimum atomic E-state index is -3.87. The van der Waals surface area contributed by atoms with E-state index < -0.39 is 10.0 Å². The number of pyridine rings is 1. The summed E-state index contributed by atoms with van der Waals surface area (Å²) in [6.45, 7) is 12.2. The number of ether oxygens (including phenoxy) is 1. The molecular weight excluding hydrogens is 600 g/mol. The highest BCUT2D eigenvalue weighted by Crippen LogP contribution is 2.35. The van der Waals surface area contributed by atoms with Gasteiger partial charge in [0.25, 0.3) is 10.0 Å². The number of piperidine rings is 1. The normalized spacial score (nSPS) is 19.6. The quantitative estimate of drug-likeness (QED) is 0.253. The number of likely N-dealkylation sites (tertiary alicyclic amines) is 1. The zero-order chi connectivity index (χ0) is 32.2. The molecule has 2 fully saturated rings. The van der Waals surface area contributed by atoms with Gasteiger partial charge in [-0.05, 0) is 78.4 Å². The van der Waals surface area contributed by atoms with Crippen molar-refractivity contribution in [2.45, 2.75) is 57.5 Å². The van der Waals surface area contributed by atoms with E-state index in [1.165, 1.54) is 3.97 Å². The van der Waals surface area contributed by atoms with Crippen LogP contribution in [0.5, 0.6) is 0 Å². The smallest absolute Gasteiger partial charge is 0.269 e. The highest BCUT2D eigenvalue weighted by molar-refractivity contribution is 7.90. The minimum absolute atomic E-state index is 0.130. The summed E-state index contributed by atoms with van der Waals surface area (Å²) in [6, 6.07) is 13.0. The molecule has 240 valence electrons. The number of hydrogen-bond acceptors (Lipinski definition) is 9. The molecule has 2 atom stereocenters. The van der Waals surface area contributed by atoms with E-state index in [-0.39, 0.29) is 10.9 Å². The molecule has 0 spiro atoms. The van der Waals surface area contributed by atoms with Crippen LogP contribution in [0.2, 0.25) is 0 Å². The first-order valence-corrected chi connectivity index (χ1v) is 17.3. The van der Waals surface area contributed by atoms with Crippen LogP contribution in [0.1, 0.15) is 42.8 Å². The number of fused-ring (bicyclic) bond motifs is 1. The van der Waals surface area contributed by atoms with Crippen LogP contribution < -0.4 is 4.90 Å². The molecule has 0 radical (unpaired) electrons. The molecule has 5 aromatic rings. The van der Waals surface area contributed by atoms with E-state index in [9.17, 15) is 8.42 Å². The number of likely N-dealkylation sites (N-methyl/N-ethyl adjacent to an activating group) is 1. The van der Waals surface area contributed by atoms with E-state index in [1.54, 1.807) is 42.7 Å². The summed E-state index contributed by atoms with van der Waals surface area (Å²) < 4.78 is 36.6. The third kappa shape index (κ3) is 5.37. The Morgan fingerprint density at radius 2 is 1.80 bits per heavy atom. The monoisotopic (exact) mass is 640 g/mol. The van der Waals surface area contributed by atoms with Gasteiger partial charge in [0.15, 0.2) is 11.5 Å². The van der Waals surface area contributed by atoms with Gasteiger partial charge in [-0.15, -0.1) is 0 Å². The van der Waals surface area contributed by atoms with Crippen molar-refractivity contribution in [1.82, 2.24) is 33.6 Å². The molecule has 2 aliphatic rings. The van der Waals surface area contributed by atoms with Gasteiger partial charge >= 0.3 is 0 Å². The van der Waals surface area contributed by atoms with E-state index in [4.69, 9.17) is 19.8 Å². The van der Waals surface area contributed by atoms with Crippen LogP contribution >= 0.6 is 0 Å². The Morgan fingerprint density at radius 3 is 2.57 bits per heavy atom. The first-order chi connectivity index (χ1) is 22.1. The second-order valence-electron chi connectivity index (χ2n) is 12.6. The number of nitrogens with zero attached hydrogens (tertiary/aromatic N) is 8. The van der Waals surface area contributed by atoms with Crippen molar-refractivity contribution >= 4 is 26.9 Å². The number of morpholine rings is 1. The van der Waals surface area contributed by atoms with Gasteiger partial charge in [-0.1, -0.05) is 17.7 Å². The molecule has 2 aliphatic heterocycles. The zero-order valence-electron chi connectivity index (χ0n) is 27.0. The second kappa shape index (κ2) is 11.9. The fourth-order valence-corrected chi connectivity index (χ4v) is 8.15. The van der Waals surface area contributed by atoms with Crippen LogP contribution in [0.4, 0.5) is 5.82 Å². The van der Waals surface area contributed by atoms with Gasteiger partial charge in [-0.25, -0.2) is 27.3 Å². The Morgan fingerprint density at radius 1 is 1.00 bits per heavy atom. The number of hydrogen-bond donors (Lipinski definition) is 0. The fraction of sp³-hybridized carbons (Fsp3) is 0.412. The van der Waals surface area contributed by atoms with Crippen molar-refractivity contribution in [2.75, 3.05) is 44.8 Å². The lowest BCUT2D eigenvalue weighted by Gasteiger charge is -2.34. The molecular formula is C34H40N8O3S. The predicted molar refractivity (Wildman–Crippen MR) is 179 cm³/mol. The Balaban J connectivity index is 1.38. The molecule has 0 amide bonds. The van der Waals surface area contributed by atoms with Crippen molar-refractivity contribution < 1.29 is 13.2 Å². The molecule has 0 saturated carbocycles. The molecule has 6 heterocycles. The van der Waals surface area contributed by atoms with Crippen molar-refractivity contribution in [3.63, 3.8) is 0 Å². The van der Waals surface area contributed by atoms with Gasteiger partial charge in [0.1, 0.15) is 5.82 Å². The SMILES string of the molecule is Cc1ccc(S(=O)(=O)n2ccc3c(-c4nc(-c5c(C)nn(C6CCCN(C)C6)c5C)cc(N5CCOC[C@H]5C)n4)ccnc32)cc1. The molecule has 0 aliphatic carbocycles. The van der Waals surface area contributed by atoms with Crippen molar-refractivity contribution in [2.24, 2.45) is 0 Å². The van der Waals surface area contributed by atoms with Crippen LogP contribution in [-0.2, 0) is 14.8 Å². The zero-order valence-corrected chi connectivity index (χ0v) is 27.8. The fourth-order valence-electron chi connectivity index (χ4n) is 6.85. The number of anilines is 1. The lowest BCUT2D eigenvalue weighted by Crippen LogP contribution is -2.44. The van der Waals surface area contributed by atoms with Crippen LogP contribution in [0.25, 0.3) is 33.7 Å². The molecule has 12 heteroatoms. The van der Waals surface area contributed by atoms with Crippen LogP contribution in [0, 0.1) is 20.8 Å². The van der Waals surface area contributed by atoms with Crippen molar-refractivity contribution in [3.05, 3.63) is 71.8 Å². The molecule has 11 nitrogen and oxygen atoms in total. The largest absolute Gasteiger partial charge is 0.377 e. The molecule has 4 aromatic heterocycles. The average molecular weight is 641 g/mol. The van der Waals surface area contributed by atoms with E-state index in [0.29, 0.717) is 48.2 Å². The molecule has 1 unspecified atom stereocenters. The maximum atomic E-state index is 13.7. The highest BCUT2D eigenvalue weighted by Gasteiger charge is 2.28. The van der Waals surface area contributed by atoms with Gasteiger partial charge in [-0.3, -0.25) is 4.68 Å². The molecule has 0 bridgehead atoms. The Kier molecular flexibility index (Phi) is 7.90. The molecule has 46 heavy (non-hydrogen) atoms. The first kappa shape index (κ1) is 30.5. The van der Waals surface area contributed by atoms with Gasteiger partial charge in [0.2, 0.25) is 0 Å². The third-order valence-electron chi connectivity index (χ3n) is 9.27. The Bertz CT molecular complexity index is 2020. The Labute approximate surface area is 269 Å².